The van der Waals surface area contributed by atoms with Crippen molar-refractivity contribution in [2.75, 3.05) is 43.9 Å². The van der Waals surface area contributed by atoms with Crippen molar-refractivity contribution in [3.63, 3.8) is 0 Å². The Morgan fingerprint density at radius 1 is 1.14 bits per heavy atom. The van der Waals surface area contributed by atoms with Gasteiger partial charge < -0.3 is 20.9 Å². The molecule has 1 saturated heterocycles. The zero-order valence-corrected chi connectivity index (χ0v) is 16.0. The zero-order valence-electron chi connectivity index (χ0n) is 16.0. The van der Waals surface area contributed by atoms with Crippen LogP contribution in [0, 0.1) is 0 Å². The monoisotopic (exact) mass is 379 g/mol. The van der Waals surface area contributed by atoms with Gasteiger partial charge in [0, 0.05) is 43.8 Å². The average Bonchev–Trinajstić information content (AvgIpc) is 3.38. The number of benzene rings is 1. The van der Waals surface area contributed by atoms with E-state index in [1.807, 2.05) is 48.1 Å². The highest BCUT2D eigenvalue weighted by Gasteiger charge is 2.12. The van der Waals surface area contributed by atoms with Crippen molar-refractivity contribution < 1.29 is 4.79 Å². The van der Waals surface area contributed by atoms with E-state index in [4.69, 9.17) is 0 Å². The Hall–Kier alpha value is -3.13. The molecule has 28 heavy (non-hydrogen) atoms. The second kappa shape index (κ2) is 8.26. The third kappa shape index (κ3) is 3.91. The largest absolute Gasteiger partial charge is 0.370 e. The van der Waals surface area contributed by atoms with Gasteiger partial charge in [-0.25, -0.2) is 14.8 Å². The molecule has 0 saturated carbocycles. The molecule has 2 aromatic heterocycles. The quantitative estimate of drug-likeness (QED) is 0.613. The molecule has 4 rings (SSSR count). The van der Waals surface area contributed by atoms with Crippen molar-refractivity contribution in [3.8, 4) is 11.3 Å². The van der Waals surface area contributed by atoms with Crippen molar-refractivity contribution in [2.45, 2.75) is 12.8 Å². The molecule has 1 aromatic carbocycles. The number of hydrogen-bond acceptors (Lipinski definition) is 5. The molecule has 3 aromatic rings. The standard InChI is InChI=1S/C20H25N7O/c1-21-18-19-24-14-17(27(19)13-9-22-18)15-4-6-16(7-5-15)25-20(28)23-8-12-26-10-2-3-11-26/h4-7,9,13-14H,2-3,8,10-12H2,1H3,(H,21,22)(H2,23,25,28). The molecular formula is C20H25N7O. The number of carbonyl (C=O) groups excluding carboxylic acids is 1. The van der Waals surface area contributed by atoms with Crippen LogP contribution in [0.5, 0.6) is 0 Å². The molecule has 146 valence electrons. The Kier molecular flexibility index (Phi) is 5.38. The summed E-state index contributed by atoms with van der Waals surface area (Å²) in [6, 6.07) is 7.57. The number of rotatable bonds is 6. The maximum absolute atomic E-state index is 12.1. The smallest absolute Gasteiger partial charge is 0.319 e. The summed E-state index contributed by atoms with van der Waals surface area (Å²) in [5.41, 5.74) is 3.52. The second-order valence-corrected chi connectivity index (χ2v) is 6.87. The summed E-state index contributed by atoms with van der Waals surface area (Å²) in [7, 11) is 1.83. The van der Waals surface area contributed by atoms with Gasteiger partial charge in [-0.3, -0.25) is 4.40 Å². The van der Waals surface area contributed by atoms with E-state index in [-0.39, 0.29) is 6.03 Å². The molecule has 1 aliphatic heterocycles. The number of nitrogens with zero attached hydrogens (tertiary/aromatic N) is 4. The topological polar surface area (TPSA) is 86.6 Å². The number of imidazole rings is 1. The molecule has 0 bridgehead atoms. The number of carbonyl (C=O) groups is 1. The predicted molar refractivity (Wildman–Crippen MR) is 111 cm³/mol. The number of nitrogens with one attached hydrogen (secondary N) is 3. The van der Waals surface area contributed by atoms with Gasteiger partial charge in [0.05, 0.1) is 11.9 Å². The first-order chi connectivity index (χ1) is 13.7. The fourth-order valence-electron chi connectivity index (χ4n) is 3.54. The fourth-order valence-corrected chi connectivity index (χ4v) is 3.54. The summed E-state index contributed by atoms with van der Waals surface area (Å²) in [6.45, 7) is 3.84. The first-order valence-electron chi connectivity index (χ1n) is 9.62. The lowest BCUT2D eigenvalue weighted by Gasteiger charge is -2.15. The van der Waals surface area contributed by atoms with Gasteiger partial charge in [-0.05, 0) is 38.1 Å². The summed E-state index contributed by atoms with van der Waals surface area (Å²) < 4.78 is 1.99. The number of urea groups is 1. The van der Waals surface area contributed by atoms with Gasteiger partial charge in [-0.15, -0.1) is 0 Å². The van der Waals surface area contributed by atoms with Crippen LogP contribution < -0.4 is 16.0 Å². The molecule has 0 unspecified atom stereocenters. The molecule has 0 radical (unpaired) electrons. The van der Waals surface area contributed by atoms with Crippen molar-refractivity contribution >= 4 is 23.2 Å². The lowest BCUT2D eigenvalue weighted by Crippen LogP contribution is -2.35. The summed E-state index contributed by atoms with van der Waals surface area (Å²) in [6.07, 6.45) is 7.98. The van der Waals surface area contributed by atoms with E-state index in [0.717, 1.165) is 48.0 Å². The van der Waals surface area contributed by atoms with Gasteiger partial charge >= 0.3 is 6.03 Å². The first kappa shape index (κ1) is 18.2. The van der Waals surface area contributed by atoms with Gasteiger partial charge in [0.1, 0.15) is 0 Å². The molecule has 3 heterocycles. The van der Waals surface area contributed by atoms with Crippen molar-refractivity contribution in [2.24, 2.45) is 0 Å². The van der Waals surface area contributed by atoms with Gasteiger partial charge in [0.2, 0.25) is 0 Å². The van der Waals surface area contributed by atoms with Crippen LogP contribution in [0.15, 0.2) is 42.9 Å². The van der Waals surface area contributed by atoms with Crippen LogP contribution in [-0.2, 0) is 0 Å². The summed E-state index contributed by atoms with van der Waals surface area (Å²) in [5, 5.41) is 8.85. The van der Waals surface area contributed by atoms with Gasteiger partial charge in [0.15, 0.2) is 11.5 Å². The van der Waals surface area contributed by atoms with Crippen LogP contribution in [-0.4, -0.2) is 58.5 Å². The average molecular weight is 379 g/mol. The first-order valence-corrected chi connectivity index (χ1v) is 9.62. The number of likely N-dealkylation sites (tertiary alicyclic amines) is 1. The Labute approximate surface area is 164 Å². The van der Waals surface area contributed by atoms with E-state index in [9.17, 15) is 4.79 Å². The maximum Gasteiger partial charge on any atom is 0.319 e. The normalized spacial score (nSPS) is 14.3. The van der Waals surface area contributed by atoms with Crippen molar-refractivity contribution in [3.05, 3.63) is 42.9 Å². The van der Waals surface area contributed by atoms with Crippen LogP contribution in [0.2, 0.25) is 0 Å². The highest BCUT2D eigenvalue weighted by Crippen LogP contribution is 2.24. The third-order valence-corrected chi connectivity index (χ3v) is 5.02. The Morgan fingerprint density at radius 2 is 1.93 bits per heavy atom. The molecule has 0 spiro atoms. The van der Waals surface area contributed by atoms with E-state index in [1.165, 1.54) is 12.8 Å². The zero-order chi connectivity index (χ0) is 19.3. The SMILES string of the molecule is CNc1nccn2c(-c3ccc(NC(=O)NCCN4CCCC4)cc3)cnc12. The Bertz CT molecular complexity index is 945. The summed E-state index contributed by atoms with van der Waals surface area (Å²) >= 11 is 0. The Morgan fingerprint density at radius 3 is 2.68 bits per heavy atom. The van der Waals surface area contributed by atoms with E-state index in [1.54, 1.807) is 6.20 Å². The predicted octanol–water partition coefficient (Wildman–Crippen LogP) is 2.66. The molecule has 1 fully saturated rings. The fraction of sp³-hybridized carbons (Fsp3) is 0.350. The molecule has 1 aliphatic rings. The van der Waals surface area contributed by atoms with Crippen LogP contribution in [0.25, 0.3) is 16.9 Å². The maximum atomic E-state index is 12.1. The molecule has 2 amide bonds. The van der Waals surface area contributed by atoms with E-state index in [2.05, 4.69) is 30.8 Å². The summed E-state index contributed by atoms with van der Waals surface area (Å²) in [4.78, 5) is 23.2. The highest BCUT2D eigenvalue weighted by atomic mass is 16.2. The van der Waals surface area contributed by atoms with Crippen molar-refractivity contribution in [1.29, 1.82) is 0 Å². The number of aromatic nitrogens is 3. The Balaban J connectivity index is 1.38. The van der Waals surface area contributed by atoms with Gasteiger partial charge in [-0.2, -0.15) is 0 Å². The van der Waals surface area contributed by atoms with Crippen LogP contribution in [0.4, 0.5) is 16.3 Å². The van der Waals surface area contributed by atoms with Crippen molar-refractivity contribution in [1.82, 2.24) is 24.6 Å². The van der Waals surface area contributed by atoms with E-state index < -0.39 is 0 Å². The molecule has 0 atom stereocenters. The number of hydrogen-bond donors (Lipinski definition) is 3. The lowest BCUT2D eigenvalue weighted by molar-refractivity contribution is 0.249. The van der Waals surface area contributed by atoms with Gasteiger partial charge in [0.25, 0.3) is 0 Å². The lowest BCUT2D eigenvalue weighted by atomic mass is 10.1. The molecule has 3 N–H and O–H groups in total. The number of amides is 2. The van der Waals surface area contributed by atoms with Crippen LogP contribution in [0.3, 0.4) is 0 Å². The van der Waals surface area contributed by atoms with Gasteiger partial charge in [-0.1, -0.05) is 12.1 Å². The summed E-state index contributed by atoms with van der Waals surface area (Å²) in [5.74, 6) is 0.734. The van der Waals surface area contributed by atoms with E-state index in [0.29, 0.717) is 6.54 Å². The minimum Gasteiger partial charge on any atom is -0.370 e. The van der Waals surface area contributed by atoms with Crippen LogP contribution in [0.1, 0.15) is 12.8 Å². The number of anilines is 2. The molecule has 8 nitrogen and oxygen atoms in total. The minimum atomic E-state index is -0.175. The molecule has 0 aliphatic carbocycles. The van der Waals surface area contributed by atoms with E-state index >= 15 is 0 Å². The second-order valence-electron chi connectivity index (χ2n) is 6.87. The molecule has 8 heteroatoms. The third-order valence-electron chi connectivity index (χ3n) is 5.02. The number of fused-ring (bicyclic) bond motifs is 1. The minimum absolute atomic E-state index is 0.175. The highest BCUT2D eigenvalue weighted by molar-refractivity contribution is 5.89. The van der Waals surface area contributed by atoms with Crippen LogP contribution >= 0.6 is 0 Å². The molecular weight excluding hydrogens is 354 g/mol.